The molecule has 2 heterocycles. The summed E-state index contributed by atoms with van der Waals surface area (Å²) in [5.74, 6) is -0.252. The van der Waals surface area contributed by atoms with Crippen molar-refractivity contribution in [2.45, 2.75) is 6.42 Å². The SMILES string of the molecule is NCCc1cn2nc(-c3ccc(F)cc3)ccc2n1. The second kappa shape index (κ2) is 4.78. The number of hydrogen-bond acceptors (Lipinski definition) is 3. The quantitative estimate of drug-likeness (QED) is 0.780. The predicted molar refractivity (Wildman–Crippen MR) is 71.1 cm³/mol. The molecule has 0 aliphatic carbocycles. The molecular formula is C14H13FN4. The van der Waals surface area contributed by atoms with E-state index < -0.39 is 0 Å². The van der Waals surface area contributed by atoms with Crippen LogP contribution in [-0.4, -0.2) is 21.1 Å². The standard InChI is InChI=1S/C14H13FN4/c15-11-3-1-10(2-4-11)13-5-6-14-17-12(7-8-16)9-19(14)18-13/h1-6,9H,7-8,16H2. The molecular weight excluding hydrogens is 243 g/mol. The summed E-state index contributed by atoms with van der Waals surface area (Å²) in [5.41, 5.74) is 8.88. The average molecular weight is 256 g/mol. The van der Waals surface area contributed by atoms with E-state index >= 15 is 0 Å². The van der Waals surface area contributed by atoms with Crippen molar-refractivity contribution in [3.8, 4) is 11.3 Å². The third-order valence-electron chi connectivity index (χ3n) is 2.91. The van der Waals surface area contributed by atoms with Crippen LogP contribution in [0.1, 0.15) is 5.69 Å². The van der Waals surface area contributed by atoms with E-state index in [2.05, 4.69) is 10.1 Å². The second-order valence-corrected chi connectivity index (χ2v) is 4.30. The zero-order valence-electron chi connectivity index (χ0n) is 10.3. The lowest BCUT2D eigenvalue weighted by Gasteiger charge is -2.01. The lowest BCUT2D eigenvalue weighted by atomic mass is 10.1. The molecule has 0 atom stereocenters. The number of hydrogen-bond donors (Lipinski definition) is 1. The molecule has 2 aromatic heterocycles. The van der Waals surface area contributed by atoms with Crippen LogP contribution in [0, 0.1) is 5.82 Å². The van der Waals surface area contributed by atoms with E-state index in [9.17, 15) is 4.39 Å². The fourth-order valence-electron chi connectivity index (χ4n) is 1.97. The van der Waals surface area contributed by atoms with E-state index in [1.54, 1.807) is 16.6 Å². The molecule has 96 valence electrons. The molecule has 0 amide bonds. The van der Waals surface area contributed by atoms with Crippen LogP contribution in [0.15, 0.2) is 42.6 Å². The van der Waals surface area contributed by atoms with Crippen LogP contribution in [0.25, 0.3) is 16.9 Å². The summed E-state index contributed by atoms with van der Waals surface area (Å²) in [6, 6.07) is 10.0. The van der Waals surface area contributed by atoms with Gasteiger partial charge in [-0.2, -0.15) is 5.10 Å². The fraction of sp³-hybridized carbons (Fsp3) is 0.143. The van der Waals surface area contributed by atoms with Crippen molar-refractivity contribution < 1.29 is 4.39 Å². The number of benzene rings is 1. The fourth-order valence-corrected chi connectivity index (χ4v) is 1.97. The highest BCUT2D eigenvalue weighted by Gasteiger charge is 2.05. The van der Waals surface area contributed by atoms with Crippen molar-refractivity contribution in [1.82, 2.24) is 14.6 Å². The molecule has 3 rings (SSSR count). The predicted octanol–water partition coefficient (Wildman–Crippen LogP) is 2.04. The van der Waals surface area contributed by atoms with Crippen LogP contribution >= 0.6 is 0 Å². The molecule has 3 aromatic rings. The van der Waals surface area contributed by atoms with Crippen molar-refractivity contribution in [3.63, 3.8) is 0 Å². The smallest absolute Gasteiger partial charge is 0.153 e. The average Bonchev–Trinajstić information content (AvgIpc) is 2.81. The first-order chi connectivity index (χ1) is 9.26. The Morgan fingerprint density at radius 3 is 2.63 bits per heavy atom. The highest BCUT2D eigenvalue weighted by Crippen LogP contribution is 2.17. The molecule has 2 N–H and O–H groups in total. The molecule has 1 aromatic carbocycles. The van der Waals surface area contributed by atoms with Crippen molar-refractivity contribution >= 4 is 5.65 Å². The number of aromatic nitrogens is 3. The zero-order valence-corrected chi connectivity index (χ0v) is 10.3. The lowest BCUT2D eigenvalue weighted by molar-refractivity contribution is 0.628. The number of nitrogens with zero attached hydrogens (tertiary/aromatic N) is 3. The first kappa shape index (κ1) is 11.8. The van der Waals surface area contributed by atoms with E-state index in [1.165, 1.54) is 12.1 Å². The molecule has 0 unspecified atom stereocenters. The van der Waals surface area contributed by atoms with Gasteiger partial charge in [-0.1, -0.05) is 0 Å². The molecule has 0 aliphatic rings. The van der Waals surface area contributed by atoms with Gasteiger partial charge in [0.1, 0.15) is 5.82 Å². The summed E-state index contributed by atoms with van der Waals surface area (Å²) in [6.07, 6.45) is 2.60. The van der Waals surface area contributed by atoms with Gasteiger partial charge in [-0.3, -0.25) is 0 Å². The minimum Gasteiger partial charge on any atom is -0.330 e. The van der Waals surface area contributed by atoms with E-state index in [0.717, 1.165) is 29.0 Å². The summed E-state index contributed by atoms with van der Waals surface area (Å²) >= 11 is 0. The van der Waals surface area contributed by atoms with E-state index in [0.29, 0.717) is 6.54 Å². The molecule has 0 saturated heterocycles. The zero-order chi connectivity index (χ0) is 13.2. The summed E-state index contributed by atoms with van der Waals surface area (Å²) in [4.78, 5) is 4.41. The largest absolute Gasteiger partial charge is 0.330 e. The minimum absolute atomic E-state index is 0.252. The van der Waals surface area contributed by atoms with Gasteiger partial charge in [0, 0.05) is 12.0 Å². The van der Waals surface area contributed by atoms with Crippen LogP contribution in [0.3, 0.4) is 0 Å². The molecule has 0 aliphatic heterocycles. The molecule has 0 fully saturated rings. The Bertz CT molecular complexity index is 703. The third-order valence-corrected chi connectivity index (χ3v) is 2.91. The van der Waals surface area contributed by atoms with Gasteiger partial charge in [-0.25, -0.2) is 13.9 Å². The molecule has 5 heteroatoms. The van der Waals surface area contributed by atoms with Gasteiger partial charge in [-0.15, -0.1) is 0 Å². The normalized spacial score (nSPS) is 11.1. The molecule has 0 saturated carbocycles. The maximum absolute atomic E-state index is 12.9. The van der Waals surface area contributed by atoms with Gasteiger partial charge in [0.2, 0.25) is 0 Å². The number of nitrogens with two attached hydrogens (primary N) is 1. The Balaban J connectivity index is 2.03. The topological polar surface area (TPSA) is 56.2 Å². The van der Waals surface area contributed by atoms with Gasteiger partial charge in [0.25, 0.3) is 0 Å². The minimum atomic E-state index is -0.252. The van der Waals surface area contributed by atoms with Gasteiger partial charge in [-0.05, 0) is 42.9 Å². The van der Waals surface area contributed by atoms with Crippen LogP contribution in [0.2, 0.25) is 0 Å². The monoisotopic (exact) mass is 256 g/mol. The molecule has 0 bridgehead atoms. The molecule has 4 nitrogen and oxygen atoms in total. The van der Waals surface area contributed by atoms with Crippen LogP contribution in [0.5, 0.6) is 0 Å². The van der Waals surface area contributed by atoms with E-state index in [1.807, 2.05) is 18.3 Å². The van der Waals surface area contributed by atoms with Crippen LogP contribution in [0.4, 0.5) is 4.39 Å². The Labute approximate surface area is 109 Å². The highest BCUT2D eigenvalue weighted by molar-refractivity contribution is 5.60. The number of rotatable bonds is 3. The van der Waals surface area contributed by atoms with Gasteiger partial charge in [0.15, 0.2) is 5.65 Å². The van der Waals surface area contributed by atoms with Crippen molar-refractivity contribution in [3.05, 3.63) is 54.1 Å². The van der Waals surface area contributed by atoms with Gasteiger partial charge in [0.05, 0.1) is 17.6 Å². The Kier molecular flexibility index (Phi) is 2.97. The first-order valence-corrected chi connectivity index (χ1v) is 6.07. The maximum atomic E-state index is 12.9. The van der Waals surface area contributed by atoms with Crippen molar-refractivity contribution in [2.24, 2.45) is 5.73 Å². The van der Waals surface area contributed by atoms with Gasteiger partial charge < -0.3 is 5.73 Å². The maximum Gasteiger partial charge on any atom is 0.153 e. The van der Waals surface area contributed by atoms with E-state index in [4.69, 9.17) is 5.73 Å². The Hall–Kier alpha value is -2.27. The third kappa shape index (κ3) is 2.32. The first-order valence-electron chi connectivity index (χ1n) is 6.07. The van der Waals surface area contributed by atoms with Crippen molar-refractivity contribution in [2.75, 3.05) is 6.54 Å². The van der Waals surface area contributed by atoms with Crippen LogP contribution < -0.4 is 5.73 Å². The summed E-state index contributed by atoms with van der Waals surface area (Å²) < 4.78 is 14.6. The number of imidazole rings is 1. The van der Waals surface area contributed by atoms with E-state index in [-0.39, 0.29) is 5.82 Å². The second-order valence-electron chi connectivity index (χ2n) is 4.30. The summed E-state index contributed by atoms with van der Waals surface area (Å²) in [6.45, 7) is 0.564. The Morgan fingerprint density at radius 2 is 1.89 bits per heavy atom. The number of fused-ring (bicyclic) bond motifs is 1. The highest BCUT2D eigenvalue weighted by atomic mass is 19.1. The Morgan fingerprint density at radius 1 is 1.11 bits per heavy atom. The van der Waals surface area contributed by atoms with Gasteiger partial charge >= 0.3 is 0 Å². The molecule has 0 radical (unpaired) electrons. The van der Waals surface area contributed by atoms with Crippen LogP contribution in [-0.2, 0) is 6.42 Å². The molecule has 19 heavy (non-hydrogen) atoms. The lowest BCUT2D eigenvalue weighted by Crippen LogP contribution is -2.02. The number of halogens is 1. The summed E-state index contributed by atoms with van der Waals surface area (Å²) in [7, 11) is 0. The van der Waals surface area contributed by atoms with Crippen molar-refractivity contribution in [1.29, 1.82) is 0 Å². The molecule has 0 spiro atoms. The summed E-state index contributed by atoms with van der Waals surface area (Å²) in [5, 5.41) is 4.47.